The van der Waals surface area contributed by atoms with E-state index in [4.69, 9.17) is 0 Å². The Hall–Kier alpha value is -2.40. The largest absolute Gasteiger partial charge is 0.312 e. The molecule has 0 aliphatic carbocycles. The Labute approximate surface area is 124 Å². The van der Waals surface area contributed by atoms with Gasteiger partial charge in [-0.3, -0.25) is 4.68 Å². The highest BCUT2D eigenvalue weighted by Gasteiger charge is 1.99. The van der Waals surface area contributed by atoms with Gasteiger partial charge in [0, 0.05) is 50.8 Å². The Morgan fingerprint density at radius 3 is 2.57 bits per heavy atom. The van der Waals surface area contributed by atoms with Gasteiger partial charge >= 0.3 is 0 Å². The van der Waals surface area contributed by atoms with Crippen molar-refractivity contribution in [3.05, 3.63) is 66.2 Å². The van der Waals surface area contributed by atoms with Gasteiger partial charge in [0.2, 0.25) is 0 Å². The summed E-state index contributed by atoms with van der Waals surface area (Å²) in [6, 6.07) is 12.4. The summed E-state index contributed by atoms with van der Waals surface area (Å²) >= 11 is 0. The molecule has 1 N–H and O–H groups in total. The highest BCUT2D eigenvalue weighted by Crippen LogP contribution is 2.08. The first-order valence-corrected chi connectivity index (χ1v) is 7.09. The van der Waals surface area contributed by atoms with E-state index in [2.05, 4.69) is 45.8 Å². The molecule has 2 aromatic heterocycles. The van der Waals surface area contributed by atoms with Crippen molar-refractivity contribution in [3.63, 3.8) is 0 Å². The molecule has 5 nitrogen and oxygen atoms in total. The topological polar surface area (TPSA) is 47.7 Å². The minimum atomic E-state index is 0.872. The molecule has 2 heterocycles. The number of hydrogen-bond acceptors (Lipinski definition) is 3. The number of benzene rings is 1. The molecule has 0 bridgehead atoms. The summed E-state index contributed by atoms with van der Waals surface area (Å²) in [6.45, 7) is 1.82. The molecule has 0 saturated heterocycles. The standard InChI is InChI=1S/C16H19N5/c1-20-15(8-11-18-20)7-10-17-13-14-3-5-16(6-4-14)21-12-2-9-19-21/h2-6,8-9,11-12,17H,7,10,13H2,1H3. The number of rotatable bonds is 6. The van der Waals surface area contributed by atoms with Crippen LogP contribution in [0, 0.1) is 0 Å². The summed E-state index contributed by atoms with van der Waals surface area (Å²) in [5, 5.41) is 11.8. The van der Waals surface area contributed by atoms with Crippen molar-refractivity contribution >= 4 is 0 Å². The van der Waals surface area contributed by atoms with Gasteiger partial charge in [-0.2, -0.15) is 10.2 Å². The molecule has 0 amide bonds. The second-order valence-corrected chi connectivity index (χ2v) is 4.99. The number of nitrogens with one attached hydrogen (secondary N) is 1. The fourth-order valence-corrected chi connectivity index (χ4v) is 2.28. The maximum atomic E-state index is 4.22. The molecule has 0 spiro atoms. The molecule has 0 radical (unpaired) electrons. The number of aromatic nitrogens is 4. The van der Waals surface area contributed by atoms with Gasteiger partial charge in [-0.15, -0.1) is 0 Å². The van der Waals surface area contributed by atoms with Crippen LogP contribution in [0.15, 0.2) is 55.0 Å². The smallest absolute Gasteiger partial charge is 0.0645 e. The fraction of sp³-hybridized carbons (Fsp3) is 0.250. The van der Waals surface area contributed by atoms with Crippen LogP contribution in [0.1, 0.15) is 11.3 Å². The second-order valence-electron chi connectivity index (χ2n) is 4.99. The minimum Gasteiger partial charge on any atom is -0.312 e. The van der Waals surface area contributed by atoms with Gasteiger partial charge in [-0.1, -0.05) is 12.1 Å². The van der Waals surface area contributed by atoms with Crippen LogP contribution in [0.25, 0.3) is 5.69 Å². The molecule has 3 aromatic rings. The average Bonchev–Trinajstić information content (AvgIpc) is 3.16. The Bertz CT molecular complexity index is 667. The zero-order chi connectivity index (χ0) is 14.5. The minimum absolute atomic E-state index is 0.872. The first-order chi connectivity index (χ1) is 10.3. The van der Waals surface area contributed by atoms with Gasteiger partial charge in [0.25, 0.3) is 0 Å². The third kappa shape index (κ3) is 3.38. The predicted octanol–water partition coefficient (Wildman–Crippen LogP) is 1.94. The number of nitrogens with zero attached hydrogens (tertiary/aromatic N) is 4. The van der Waals surface area contributed by atoms with Crippen LogP contribution in [0.3, 0.4) is 0 Å². The molecule has 0 fully saturated rings. The molecule has 0 aliphatic heterocycles. The quantitative estimate of drug-likeness (QED) is 0.702. The van der Waals surface area contributed by atoms with Crippen LogP contribution >= 0.6 is 0 Å². The molecular weight excluding hydrogens is 262 g/mol. The van der Waals surface area contributed by atoms with Crippen molar-refractivity contribution in [2.75, 3.05) is 6.54 Å². The van der Waals surface area contributed by atoms with E-state index in [1.54, 1.807) is 6.20 Å². The highest BCUT2D eigenvalue weighted by atomic mass is 15.3. The highest BCUT2D eigenvalue weighted by molar-refractivity contribution is 5.33. The fourth-order valence-electron chi connectivity index (χ4n) is 2.28. The molecular formula is C16H19N5. The SMILES string of the molecule is Cn1nccc1CCNCc1ccc(-n2cccn2)cc1. The van der Waals surface area contributed by atoms with E-state index in [1.807, 2.05) is 34.9 Å². The molecule has 0 unspecified atom stereocenters. The molecule has 0 atom stereocenters. The van der Waals surface area contributed by atoms with Crippen LogP contribution in [0.2, 0.25) is 0 Å². The lowest BCUT2D eigenvalue weighted by molar-refractivity contribution is 0.643. The average molecular weight is 281 g/mol. The van der Waals surface area contributed by atoms with Crippen molar-refractivity contribution in [3.8, 4) is 5.69 Å². The van der Waals surface area contributed by atoms with Crippen LogP contribution in [0.4, 0.5) is 0 Å². The third-order valence-corrected chi connectivity index (χ3v) is 3.51. The number of aryl methyl sites for hydroxylation is 1. The molecule has 3 rings (SSSR count). The Balaban J connectivity index is 1.48. The lowest BCUT2D eigenvalue weighted by Gasteiger charge is -2.07. The van der Waals surface area contributed by atoms with Crippen molar-refractivity contribution in [2.45, 2.75) is 13.0 Å². The lowest BCUT2D eigenvalue weighted by Crippen LogP contribution is -2.17. The van der Waals surface area contributed by atoms with E-state index in [9.17, 15) is 0 Å². The lowest BCUT2D eigenvalue weighted by atomic mass is 10.2. The molecule has 108 valence electrons. The molecule has 1 aromatic carbocycles. The normalized spacial score (nSPS) is 10.9. The van der Waals surface area contributed by atoms with Gasteiger partial charge in [0.05, 0.1) is 5.69 Å². The summed E-state index contributed by atoms with van der Waals surface area (Å²) in [5.41, 5.74) is 3.60. The van der Waals surface area contributed by atoms with Crippen molar-refractivity contribution in [2.24, 2.45) is 7.05 Å². The summed E-state index contributed by atoms with van der Waals surface area (Å²) in [7, 11) is 1.98. The Morgan fingerprint density at radius 2 is 1.90 bits per heavy atom. The molecule has 5 heteroatoms. The van der Waals surface area contributed by atoms with E-state index < -0.39 is 0 Å². The Kier molecular flexibility index (Phi) is 4.12. The molecule has 0 saturated carbocycles. The van der Waals surface area contributed by atoms with E-state index in [1.165, 1.54) is 11.3 Å². The number of hydrogen-bond donors (Lipinski definition) is 1. The van der Waals surface area contributed by atoms with Crippen molar-refractivity contribution in [1.29, 1.82) is 0 Å². The van der Waals surface area contributed by atoms with Crippen LogP contribution in [-0.2, 0) is 20.0 Å². The predicted molar refractivity (Wildman–Crippen MR) is 82.2 cm³/mol. The third-order valence-electron chi connectivity index (χ3n) is 3.51. The van der Waals surface area contributed by atoms with Crippen molar-refractivity contribution in [1.82, 2.24) is 24.9 Å². The van der Waals surface area contributed by atoms with E-state index >= 15 is 0 Å². The van der Waals surface area contributed by atoms with Gasteiger partial charge in [-0.25, -0.2) is 4.68 Å². The zero-order valence-electron chi connectivity index (χ0n) is 12.1. The maximum absolute atomic E-state index is 4.22. The summed E-state index contributed by atoms with van der Waals surface area (Å²) in [4.78, 5) is 0. The van der Waals surface area contributed by atoms with Gasteiger partial charge < -0.3 is 5.32 Å². The Morgan fingerprint density at radius 1 is 1.05 bits per heavy atom. The van der Waals surface area contributed by atoms with Crippen LogP contribution < -0.4 is 5.32 Å². The van der Waals surface area contributed by atoms with E-state index in [0.29, 0.717) is 0 Å². The summed E-state index contributed by atoms with van der Waals surface area (Å²) in [5.74, 6) is 0. The second kappa shape index (κ2) is 6.37. The van der Waals surface area contributed by atoms with Crippen LogP contribution in [-0.4, -0.2) is 26.1 Å². The first kappa shape index (κ1) is 13.6. The maximum Gasteiger partial charge on any atom is 0.0645 e. The van der Waals surface area contributed by atoms with Gasteiger partial charge in [-0.05, 0) is 29.8 Å². The first-order valence-electron chi connectivity index (χ1n) is 7.09. The summed E-state index contributed by atoms with van der Waals surface area (Å²) in [6.07, 6.45) is 6.56. The van der Waals surface area contributed by atoms with Crippen molar-refractivity contribution < 1.29 is 0 Å². The zero-order valence-corrected chi connectivity index (χ0v) is 12.1. The van der Waals surface area contributed by atoms with E-state index in [-0.39, 0.29) is 0 Å². The van der Waals surface area contributed by atoms with E-state index in [0.717, 1.165) is 25.2 Å². The summed E-state index contributed by atoms with van der Waals surface area (Å²) < 4.78 is 3.78. The molecule has 21 heavy (non-hydrogen) atoms. The van der Waals surface area contributed by atoms with Gasteiger partial charge in [0.1, 0.15) is 0 Å². The van der Waals surface area contributed by atoms with Crippen LogP contribution in [0.5, 0.6) is 0 Å². The van der Waals surface area contributed by atoms with Gasteiger partial charge in [0.15, 0.2) is 0 Å². The monoisotopic (exact) mass is 281 g/mol. The molecule has 0 aliphatic rings.